The first-order valence-electron chi connectivity index (χ1n) is 9.05. The van der Waals surface area contributed by atoms with Gasteiger partial charge in [0.1, 0.15) is 6.10 Å². The van der Waals surface area contributed by atoms with Crippen molar-refractivity contribution in [2.45, 2.75) is 57.1 Å². The number of halogens is 1. The van der Waals surface area contributed by atoms with E-state index in [2.05, 4.69) is 5.32 Å². The van der Waals surface area contributed by atoms with Crippen molar-refractivity contribution in [2.24, 2.45) is 0 Å². The first kappa shape index (κ1) is 18.2. The Labute approximate surface area is 153 Å². The normalized spacial score (nSPS) is 21.1. The lowest BCUT2D eigenvalue weighted by atomic mass is 9.94. The molecular weight excluding hydrogens is 340 g/mol. The minimum atomic E-state index is -0.391. The molecule has 2 fully saturated rings. The molecule has 1 heterocycles. The number of nitrogens with one attached hydrogen (secondary N) is 1. The molecule has 0 radical (unpaired) electrons. The molecule has 6 heteroatoms. The fourth-order valence-electron chi connectivity index (χ4n) is 3.60. The summed E-state index contributed by atoms with van der Waals surface area (Å²) in [6.45, 7) is 0.625. The zero-order chi connectivity index (χ0) is 17.8. The summed E-state index contributed by atoms with van der Waals surface area (Å²) in [5.74, 6) is -0.221. The molecule has 25 heavy (non-hydrogen) atoms. The van der Waals surface area contributed by atoms with Gasteiger partial charge in [-0.25, -0.2) is 0 Å². The third kappa shape index (κ3) is 4.33. The number of rotatable bonds is 4. The van der Waals surface area contributed by atoms with Gasteiger partial charge in [-0.2, -0.15) is 0 Å². The van der Waals surface area contributed by atoms with Gasteiger partial charge < -0.3 is 15.0 Å². The number of nitrogens with zero attached hydrogens (tertiary/aromatic N) is 1. The number of benzene rings is 1. The van der Waals surface area contributed by atoms with Crippen LogP contribution in [0.15, 0.2) is 18.2 Å². The van der Waals surface area contributed by atoms with Crippen LogP contribution in [0.4, 0.5) is 5.69 Å². The minimum Gasteiger partial charge on any atom is -0.368 e. The quantitative estimate of drug-likeness (QED) is 0.882. The molecule has 2 amide bonds. The highest BCUT2D eigenvalue weighted by molar-refractivity contribution is 6.34. The molecule has 1 atom stereocenters. The summed E-state index contributed by atoms with van der Waals surface area (Å²) in [7, 11) is 1.85. The Morgan fingerprint density at radius 1 is 1.16 bits per heavy atom. The predicted molar refractivity (Wildman–Crippen MR) is 98.0 cm³/mol. The van der Waals surface area contributed by atoms with Gasteiger partial charge in [0.05, 0.1) is 10.6 Å². The Bertz CT molecular complexity index is 638. The lowest BCUT2D eigenvalue weighted by Gasteiger charge is -2.31. The third-order valence-corrected chi connectivity index (χ3v) is 5.44. The van der Waals surface area contributed by atoms with E-state index in [-0.39, 0.29) is 17.9 Å². The van der Waals surface area contributed by atoms with Crippen LogP contribution in [0.2, 0.25) is 5.02 Å². The Morgan fingerprint density at radius 3 is 2.56 bits per heavy atom. The molecular formula is C19H25ClN2O3. The number of amides is 2. The molecule has 136 valence electrons. The van der Waals surface area contributed by atoms with Gasteiger partial charge in [0.25, 0.3) is 11.8 Å². The summed E-state index contributed by atoms with van der Waals surface area (Å²) in [4.78, 5) is 26.7. The molecule has 1 saturated carbocycles. The van der Waals surface area contributed by atoms with Crippen molar-refractivity contribution in [3.05, 3.63) is 28.8 Å². The summed E-state index contributed by atoms with van der Waals surface area (Å²) in [5, 5.41) is 3.17. The van der Waals surface area contributed by atoms with E-state index in [1.165, 1.54) is 19.3 Å². The number of carbonyl (C=O) groups is 2. The van der Waals surface area contributed by atoms with Gasteiger partial charge >= 0.3 is 0 Å². The van der Waals surface area contributed by atoms with Crippen LogP contribution in [-0.4, -0.2) is 42.5 Å². The maximum Gasteiger partial charge on any atom is 0.255 e. The smallest absolute Gasteiger partial charge is 0.255 e. The average Bonchev–Trinajstić information content (AvgIpc) is 3.16. The molecule has 1 aromatic rings. The maximum atomic E-state index is 12.7. The van der Waals surface area contributed by atoms with Crippen LogP contribution in [0.5, 0.6) is 0 Å². The fourth-order valence-corrected chi connectivity index (χ4v) is 3.86. The Kier molecular flexibility index (Phi) is 5.97. The van der Waals surface area contributed by atoms with Crippen LogP contribution < -0.4 is 5.32 Å². The van der Waals surface area contributed by atoms with Crippen molar-refractivity contribution in [3.8, 4) is 0 Å². The molecule has 1 N–H and O–H groups in total. The van der Waals surface area contributed by atoms with Gasteiger partial charge in [-0.15, -0.1) is 0 Å². The van der Waals surface area contributed by atoms with E-state index in [1.54, 1.807) is 18.2 Å². The maximum absolute atomic E-state index is 12.7. The SMILES string of the molecule is CN(C(=O)c1ccc(NC(=O)[C@@H]2CCCO2)cc1Cl)C1CCCCC1. The molecule has 0 bridgehead atoms. The van der Waals surface area contributed by atoms with E-state index in [0.29, 0.717) is 22.9 Å². The fraction of sp³-hybridized carbons (Fsp3) is 0.579. The molecule has 0 aromatic heterocycles. The van der Waals surface area contributed by atoms with E-state index >= 15 is 0 Å². The zero-order valence-electron chi connectivity index (χ0n) is 14.6. The highest BCUT2D eigenvalue weighted by Gasteiger charge is 2.26. The standard InChI is InChI=1S/C19H25ClN2O3/c1-22(14-6-3-2-4-7-14)19(24)15-10-9-13(12-16(15)20)21-18(23)17-8-5-11-25-17/h9-10,12,14,17H,2-8,11H2,1H3,(H,21,23)/t17-/m0/s1. The van der Waals surface area contributed by atoms with Crippen molar-refractivity contribution in [1.29, 1.82) is 0 Å². The topological polar surface area (TPSA) is 58.6 Å². The highest BCUT2D eigenvalue weighted by Crippen LogP contribution is 2.27. The van der Waals surface area contributed by atoms with E-state index in [4.69, 9.17) is 16.3 Å². The summed E-state index contributed by atoms with van der Waals surface area (Å²) < 4.78 is 5.37. The monoisotopic (exact) mass is 364 g/mol. The minimum absolute atomic E-state index is 0.0612. The molecule has 0 unspecified atom stereocenters. The van der Waals surface area contributed by atoms with E-state index < -0.39 is 6.10 Å². The van der Waals surface area contributed by atoms with Crippen molar-refractivity contribution in [2.75, 3.05) is 19.0 Å². The number of hydrogen-bond donors (Lipinski definition) is 1. The first-order valence-corrected chi connectivity index (χ1v) is 9.43. The van der Waals surface area contributed by atoms with Crippen molar-refractivity contribution in [1.82, 2.24) is 4.90 Å². The number of anilines is 1. The van der Waals surface area contributed by atoms with Crippen molar-refractivity contribution >= 4 is 29.1 Å². The Balaban J connectivity index is 1.66. The van der Waals surface area contributed by atoms with Gasteiger partial charge in [0, 0.05) is 25.4 Å². The average molecular weight is 365 g/mol. The van der Waals surface area contributed by atoms with Gasteiger partial charge in [0.2, 0.25) is 0 Å². The first-order chi connectivity index (χ1) is 12.1. The highest BCUT2D eigenvalue weighted by atomic mass is 35.5. The van der Waals surface area contributed by atoms with Crippen LogP contribution in [0.1, 0.15) is 55.3 Å². The van der Waals surface area contributed by atoms with Crippen LogP contribution in [0, 0.1) is 0 Å². The largest absolute Gasteiger partial charge is 0.368 e. The molecule has 1 aromatic carbocycles. The Hall–Kier alpha value is -1.59. The number of hydrogen-bond acceptors (Lipinski definition) is 3. The van der Waals surface area contributed by atoms with Crippen molar-refractivity contribution in [3.63, 3.8) is 0 Å². The van der Waals surface area contributed by atoms with Crippen LogP contribution >= 0.6 is 11.6 Å². The predicted octanol–water partition coefficient (Wildman–Crippen LogP) is 3.86. The summed E-state index contributed by atoms with van der Waals surface area (Å²) >= 11 is 6.32. The lowest BCUT2D eigenvalue weighted by Crippen LogP contribution is -2.38. The van der Waals surface area contributed by atoms with Gasteiger partial charge in [-0.1, -0.05) is 30.9 Å². The molecule has 3 rings (SSSR count). The summed E-state index contributed by atoms with van der Waals surface area (Å²) in [6.07, 6.45) is 6.94. The molecule has 0 spiro atoms. The van der Waals surface area contributed by atoms with Crippen molar-refractivity contribution < 1.29 is 14.3 Å². The third-order valence-electron chi connectivity index (χ3n) is 5.13. The van der Waals surface area contributed by atoms with Crippen LogP contribution in [0.3, 0.4) is 0 Å². The van der Waals surface area contributed by atoms with Crippen LogP contribution in [-0.2, 0) is 9.53 Å². The molecule has 1 saturated heterocycles. The van der Waals surface area contributed by atoms with Crippen LogP contribution in [0.25, 0.3) is 0 Å². The van der Waals surface area contributed by atoms with Gasteiger partial charge in [-0.3, -0.25) is 9.59 Å². The van der Waals surface area contributed by atoms with E-state index in [9.17, 15) is 9.59 Å². The lowest BCUT2D eigenvalue weighted by molar-refractivity contribution is -0.124. The summed E-state index contributed by atoms with van der Waals surface area (Å²) in [6, 6.07) is 5.34. The van der Waals surface area contributed by atoms with Gasteiger partial charge in [-0.05, 0) is 43.9 Å². The van der Waals surface area contributed by atoms with Gasteiger partial charge in [0.15, 0.2) is 0 Å². The molecule has 2 aliphatic rings. The Morgan fingerprint density at radius 2 is 1.92 bits per heavy atom. The second-order valence-electron chi connectivity index (χ2n) is 6.89. The summed E-state index contributed by atoms with van der Waals surface area (Å²) in [5.41, 5.74) is 1.06. The number of carbonyl (C=O) groups excluding carboxylic acids is 2. The molecule has 5 nitrogen and oxygen atoms in total. The second kappa shape index (κ2) is 8.19. The number of ether oxygens (including phenoxy) is 1. The molecule has 1 aliphatic heterocycles. The van der Waals surface area contributed by atoms with E-state index in [1.807, 2.05) is 11.9 Å². The zero-order valence-corrected chi connectivity index (χ0v) is 15.3. The molecule has 1 aliphatic carbocycles. The second-order valence-corrected chi connectivity index (χ2v) is 7.30. The van der Waals surface area contributed by atoms with E-state index in [0.717, 1.165) is 25.7 Å².